The van der Waals surface area contributed by atoms with Gasteiger partial charge in [-0.05, 0) is 48.5 Å². The highest BCUT2D eigenvalue weighted by molar-refractivity contribution is 7.22. The van der Waals surface area contributed by atoms with Gasteiger partial charge in [-0.1, -0.05) is 35.1 Å². The number of aromatic nitrogens is 2. The van der Waals surface area contributed by atoms with E-state index in [1.807, 2.05) is 30.3 Å². The van der Waals surface area contributed by atoms with Crippen molar-refractivity contribution < 1.29 is 9.53 Å². The lowest BCUT2D eigenvalue weighted by Gasteiger charge is -2.19. The molecule has 4 aromatic rings. The zero-order chi connectivity index (χ0) is 19.5. The van der Waals surface area contributed by atoms with Crippen molar-refractivity contribution in [3.8, 4) is 5.75 Å². The summed E-state index contributed by atoms with van der Waals surface area (Å²) in [6.07, 6.45) is 1.71. The third-order valence-corrected chi connectivity index (χ3v) is 5.57. The smallest absolute Gasteiger partial charge is 0.260 e. The van der Waals surface area contributed by atoms with Gasteiger partial charge in [-0.2, -0.15) is 0 Å². The molecule has 5 nitrogen and oxygen atoms in total. The van der Waals surface area contributed by atoms with Crippen molar-refractivity contribution in [2.24, 2.45) is 0 Å². The second-order valence-corrected chi connectivity index (χ2v) is 7.44. The Morgan fingerprint density at radius 2 is 1.93 bits per heavy atom. The van der Waals surface area contributed by atoms with Crippen molar-refractivity contribution in [2.75, 3.05) is 12.0 Å². The zero-order valence-corrected chi connectivity index (χ0v) is 16.6. The monoisotopic (exact) mass is 409 g/mol. The minimum atomic E-state index is -0.163. The summed E-state index contributed by atoms with van der Waals surface area (Å²) in [5, 5.41) is 1.14. The van der Waals surface area contributed by atoms with Crippen LogP contribution in [0.15, 0.2) is 66.9 Å². The van der Waals surface area contributed by atoms with E-state index in [-0.39, 0.29) is 5.91 Å². The second kappa shape index (κ2) is 7.96. The summed E-state index contributed by atoms with van der Waals surface area (Å²) in [7, 11) is 1.59. The molecule has 0 atom stereocenters. The lowest BCUT2D eigenvalue weighted by Crippen LogP contribution is -2.30. The van der Waals surface area contributed by atoms with E-state index in [1.165, 1.54) is 11.3 Å². The molecule has 0 unspecified atom stereocenters. The highest BCUT2D eigenvalue weighted by atomic mass is 35.5. The Morgan fingerprint density at radius 1 is 1.11 bits per heavy atom. The maximum atomic E-state index is 13.3. The van der Waals surface area contributed by atoms with E-state index < -0.39 is 0 Å². The molecule has 0 bridgehead atoms. The third-order valence-electron chi connectivity index (χ3n) is 4.22. The lowest BCUT2D eigenvalue weighted by molar-refractivity contribution is 0.0985. The minimum absolute atomic E-state index is 0.163. The molecular formula is C21H16ClN3O2S. The molecule has 0 aliphatic carbocycles. The average molecular weight is 410 g/mol. The van der Waals surface area contributed by atoms with Gasteiger partial charge in [0.2, 0.25) is 0 Å². The third kappa shape index (κ3) is 3.69. The molecule has 140 valence electrons. The summed E-state index contributed by atoms with van der Waals surface area (Å²) >= 11 is 7.71. The summed E-state index contributed by atoms with van der Waals surface area (Å²) in [6, 6.07) is 18.3. The van der Waals surface area contributed by atoms with Gasteiger partial charge in [0.25, 0.3) is 5.91 Å². The highest BCUT2D eigenvalue weighted by Crippen LogP contribution is 2.34. The number of benzene rings is 2. The van der Waals surface area contributed by atoms with Crippen LogP contribution in [0.2, 0.25) is 5.02 Å². The van der Waals surface area contributed by atoms with Gasteiger partial charge in [0.05, 0.1) is 29.1 Å². The van der Waals surface area contributed by atoms with Crippen molar-refractivity contribution >= 4 is 44.2 Å². The van der Waals surface area contributed by atoms with Crippen molar-refractivity contribution in [3.63, 3.8) is 0 Å². The molecule has 0 aliphatic heterocycles. The Hall–Kier alpha value is -2.96. The van der Waals surface area contributed by atoms with Gasteiger partial charge >= 0.3 is 0 Å². The molecule has 7 heteroatoms. The van der Waals surface area contributed by atoms with Crippen LogP contribution in [0.25, 0.3) is 10.2 Å². The Bertz CT molecular complexity index is 1110. The Balaban J connectivity index is 1.75. The van der Waals surface area contributed by atoms with Crippen LogP contribution in [-0.2, 0) is 6.54 Å². The molecular weight excluding hydrogens is 394 g/mol. The van der Waals surface area contributed by atoms with Crippen LogP contribution >= 0.6 is 22.9 Å². The topological polar surface area (TPSA) is 55.3 Å². The number of halogens is 1. The number of thiazole rings is 1. The van der Waals surface area contributed by atoms with Crippen LogP contribution in [0.1, 0.15) is 16.1 Å². The number of pyridine rings is 1. The first-order chi connectivity index (χ1) is 13.7. The van der Waals surface area contributed by atoms with Crippen molar-refractivity contribution in [1.82, 2.24) is 9.97 Å². The second-order valence-electron chi connectivity index (χ2n) is 6.02. The highest BCUT2D eigenvalue weighted by Gasteiger charge is 2.22. The molecule has 0 spiro atoms. The number of methoxy groups -OCH3 is 1. The number of anilines is 1. The summed E-state index contributed by atoms with van der Waals surface area (Å²) in [6.45, 7) is 0.309. The number of carbonyl (C=O) groups excluding carboxylic acids is 1. The number of nitrogens with zero attached hydrogens (tertiary/aromatic N) is 3. The SMILES string of the molecule is COc1ccc(C(=O)N(Cc2ccccn2)c2nc3c(Cl)cccc3s2)cc1. The van der Waals surface area contributed by atoms with Crippen LogP contribution in [0.3, 0.4) is 0 Å². The summed E-state index contributed by atoms with van der Waals surface area (Å²) in [5.74, 6) is 0.531. The fourth-order valence-electron chi connectivity index (χ4n) is 2.79. The van der Waals surface area contributed by atoms with Gasteiger partial charge in [0.15, 0.2) is 5.13 Å². The summed E-state index contributed by atoms with van der Waals surface area (Å²) in [4.78, 5) is 23.9. The number of hydrogen-bond donors (Lipinski definition) is 0. The molecule has 28 heavy (non-hydrogen) atoms. The van der Waals surface area contributed by atoms with Crippen LogP contribution in [0, 0.1) is 0 Å². The molecule has 0 fully saturated rings. The number of hydrogen-bond acceptors (Lipinski definition) is 5. The number of fused-ring (bicyclic) bond motifs is 1. The molecule has 4 rings (SSSR count). The van der Waals surface area contributed by atoms with Gasteiger partial charge in [0.1, 0.15) is 11.3 Å². The molecule has 0 aliphatic rings. The number of para-hydroxylation sites is 1. The van der Waals surface area contributed by atoms with Gasteiger partial charge in [-0.25, -0.2) is 4.98 Å². The first-order valence-electron chi connectivity index (χ1n) is 8.56. The number of ether oxygens (including phenoxy) is 1. The van der Waals surface area contributed by atoms with E-state index in [4.69, 9.17) is 16.3 Å². The van der Waals surface area contributed by atoms with E-state index in [9.17, 15) is 4.79 Å². The van der Waals surface area contributed by atoms with Crippen LogP contribution < -0.4 is 9.64 Å². The molecule has 0 saturated heterocycles. The van der Waals surface area contributed by atoms with E-state index in [0.29, 0.717) is 33.5 Å². The van der Waals surface area contributed by atoms with Crippen LogP contribution in [-0.4, -0.2) is 23.0 Å². The fourth-order valence-corrected chi connectivity index (χ4v) is 4.05. The largest absolute Gasteiger partial charge is 0.497 e. The standard InChI is InChI=1S/C21H16ClN3O2S/c1-27-16-10-8-14(9-11-16)20(26)25(13-15-5-2-3-12-23-15)21-24-19-17(22)6-4-7-18(19)28-21/h2-12H,13H2,1H3. The normalized spacial score (nSPS) is 10.8. The summed E-state index contributed by atoms with van der Waals surface area (Å²) < 4.78 is 6.11. The number of rotatable bonds is 5. The zero-order valence-electron chi connectivity index (χ0n) is 15.0. The molecule has 2 aromatic carbocycles. The minimum Gasteiger partial charge on any atom is -0.497 e. The van der Waals surface area contributed by atoms with Crippen molar-refractivity contribution in [1.29, 1.82) is 0 Å². The fraction of sp³-hybridized carbons (Fsp3) is 0.0952. The Morgan fingerprint density at radius 3 is 2.61 bits per heavy atom. The molecule has 0 radical (unpaired) electrons. The molecule has 0 saturated carbocycles. The van der Waals surface area contributed by atoms with Gasteiger partial charge in [0, 0.05) is 11.8 Å². The first-order valence-corrected chi connectivity index (χ1v) is 9.76. The molecule has 2 aromatic heterocycles. The maximum Gasteiger partial charge on any atom is 0.260 e. The lowest BCUT2D eigenvalue weighted by atomic mass is 10.2. The predicted octanol–water partition coefficient (Wildman–Crippen LogP) is 5.20. The van der Waals surface area contributed by atoms with Crippen molar-refractivity contribution in [2.45, 2.75) is 6.54 Å². The van der Waals surface area contributed by atoms with Gasteiger partial charge in [-0.15, -0.1) is 0 Å². The van der Waals surface area contributed by atoms with Crippen LogP contribution in [0.5, 0.6) is 5.75 Å². The first kappa shape index (κ1) is 18.4. The van der Waals surface area contributed by atoms with Gasteiger partial charge in [-0.3, -0.25) is 14.7 Å². The molecule has 1 amide bonds. The van der Waals surface area contributed by atoms with Crippen molar-refractivity contribution in [3.05, 3.63) is 83.1 Å². The Labute approximate surface area is 171 Å². The van der Waals surface area contributed by atoms with E-state index >= 15 is 0 Å². The molecule has 0 N–H and O–H groups in total. The Kier molecular flexibility index (Phi) is 5.23. The predicted molar refractivity (Wildman–Crippen MR) is 112 cm³/mol. The quantitative estimate of drug-likeness (QED) is 0.454. The van der Waals surface area contributed by atoms with E-state index in [1.54, 1.807) is 48.5 Å². The van der Waals surface area contributed by atoms with E-state index in [2.05, 4.69) is 9.97 Å². The van der Waals surface area contributed by atoms with Gasteiger partial charge < -0.3 is 4.74 Å². The summed E-state index contributed by atoms with van der Waals surface area (Å²) in [5.41, 5.74) is 2.01. The average Bonchev–Trinajstić information content (AvgIpc) is 3.18. The van der Waals surface area contributed by atoms with E-state index in [0.717, 1.165) is 10.4 Å². The van der Waals surface area contributed by atoms with Crippen LogP contribution in [0.4, 0.5) is 5.13 Å². The maximum absolute atomic E-state index is 13.3. The molecule has 2 heterocycles. The number of amides is 1. The number of carbonyl (C=O) groups is 1.